The van der Waals surface area contributed by atoms with Gasteiger partial charge >= 0.3 is 7.60 Å². The molecular weight excluding hydrogens is 187 g/mol. The standard InChI is InChI=1S/C9H13O3P/c1-8-4-6-9(7-5-8)12-13(3,10)11-2/h4-7H,1-3H3. The number of benzene rings is 1. The molecule has 0 aliphatic carbocycles. The Bertz CT molecular complexity index is 318. The zero-order valence-corrected chi connectivity index (χ0v) is 8.88. The second kappa shape index (κ2) is 3.95. The molecule has 1 unspecified atom stereocenters. The van der Waals surface area contributed by atoms with Crippen molar-refractivity contribution in [3.8, 4) is 5.75 Å². The summed E-state index contributed by atoms with van der Waals surface area (Å²) in [7, 11) is -1.54. The Balaban J connectivity index is 2.75. The van der Waals surface area contributed by atoms with Crippen LogP contribution in [0.1, 0.15) is 5.56 Å². The monoisotopic (exact) mass is 200 g/mol. The molecule has 0 saturated carbocycles. The van der Waals surface area contributed by atoms with E-state index in [2.05, 4.69) is 0 Å². The topological polar surface area (TPSA) is 35.5 Å². The summed E-state index contributed by atoms with van der Waals surface area (Å²) in [4.78, 5) is 0. The van der Waals surface area contributed by atoms with E-state index in [0.29, 0.717) is 5.75 Å². The predicted octanol–water partition coefficient (Wildman–Crippen LogP) is 2.84. The lowest BCUT2D eigenvalue weighted by Gasteiger charge is -2.12. The minimum Gasteiger partial charge on any atom is -0.425 e. The average molecular weight is 200 g/mol. The van der Waals surface area contributed by atoms with Gasteiger partial charge in [-0.1, -0.05) is 17.7 Å². The van der Waals surface area contributed by atoms with Crippen molar-refractivity contribution in [1.29, 1.82) is 0 Å². The SMILES string of the molecule is COP(C)(=O)Oc1ccc(C)cc1. The van der Waals surface area contributed by atoms with E-state index in [1.807, 2.05) is 19.1 Å². The lowest BCUT2D eigenvalue weighted by atomic mass is 10.2. The van der Waals surface area contributed by atoms with E-state index in [1.54, 1.807) is 12.1 Å². The summed E-state index contributed by atoms with van der Waals surface area (Å²) in [6.45, 7) is 3.42. The Morgan fingerprint density at radius 3 is 2.23 bits per heavy atom. The third-order valence-electron chi connectivity index (χ3n) is 1.62. The molecule has 0 aromatic heterocycles. The van der Waals surface area contributed by atoms with E-state index >= 15 is 0 Å². The molecule has 13 heavy (non-hydrogen) atoms. The van der Waals surface area contributed by atoms with E-state index in [-0.39, 0.29) is 0 Å². The smallest absolute Gasteiger partial charge is 0.375 e. The van der Waals surface area contributed by atoms with E-state index < -0.39 is 7.60 Å². The molecule has 3 nitrogen and oxygen atoms in total. The largest absolute Gasteiger partial charge is 0.425 e. The molecular formula is C9H13O3P. The van der Waals surface area contributed by atoms with Crippen molar-refractivity contribution in [2.24, 2.45) is 0 Å². The fraction of sp³-hybridized carbons (Fsp3) is 0.333. The van der Waals surface area contributed by atoms with Crippen LogP contribution in [0.4, 0.5) is 0 Å². The van der Waals surface area contributed by atoms with E-state index in [9.17, 15) is 4.57 Å². The van der Waals surface area contributed by atoms with Gasteiger partial charge in [0.15, 0.2) is 0 Å². The van der Waals surface area contributed by atoms with Crippen LogP contribution < -0.4 is 4.52 Å². The molecule has 0 fully saturated rings. The summed E-state index contributed by atoms with van der Waals surface area (Å²) in [5.74, 6) is 0.568. The highest BCUT2D eigenvalue weighted by Crippen LogP contribution is 2.43. The van der Waals surface area contributed by atoms with Crippen LogP contribution in [0.5, 0.6) is 5.75 Å². The molecule has 4 heteroatoms. The third kappa shape index (κ3) is 3.21. The molecule has 0 bridgehead atoms. The van der Waals surface area contributed by atoms with Crippen molar-refractivity contribution in [3.05, 3.63) is 29.8 Å². The minimum atomic E-state index is -2.91. The summed E-state index contributed by atoms with van der Waals surface area (Å²) in [5.41, 5.74) is 1.13. The molecule has 0 heterocycles. The Morgan fingerprint density at radius 2 is 1.77 bits per heavy atom. The first-order valence-electron chi connectivity index (χ1n) is 3.93. The number of hydrogen-bond acceptors (Lipinski definition) is 3. The maximum atomic E-state index is 11.4. The van der Waals surface area contributed by atoms with Crippen LogP contribution in [-0.4, -0.2) is 13.8 Å². The normalized spacial score (nSPS) is 15.0. The molecule has 1 atom stereocenters. The van der Waals surface area contributed by atoms with Gasteiger partial charge in [-0.25, -0.2) is 4.57 Å². The van der Waals surface area contributed by atoms with Gasteiger partial charge in [0.05, 0.1) is 0 Å². The molecule has 1 rings (SSSR count). The fourth-order valence-electron chi connectivity index (χ4n) is 0.828. The van der Waals surface area contributed by atoms with Gasteiger partial charge < -0.3 is 9.05 Å². The van der Waals surface area contributed by atoms with Crippen LogP contribution in [0.15, 0.2) is 24.3 Å². The second-order valence-electron chi connectivity index (χ2n) is 2.86. The quantitative estimate of drug-likeness (QED) is 0.704. The molecule has 0 amide bonds. The van der Waals surface area contributed by atoms with Gasteiger partial charge in [-0.05, 0) is 19.1 Å². The zero-order chi connectivity index (χ0) is 9.90. The van der Waals surface area contributed by atoms with Crippen LogP contribution in [0, 0.1) is 6.92 Å². The van der Waals surface area contributed by atoms with Crippen LogP contribution in [0.25, 0.3) is 0 Å². The summed E-state index contributed by atoms with van der Waals surface area (Å²) in [6.07, 6.45) is 0. The molecule has 0 spiro atoms. The lowest BCUT2D eigenvalue weighted by molar-refractivity contribution is 0.328. The van der Waals surface area contributed by atoms with Crippen molar-refractivity contribution >= 4 is 7.60 Å². The molecule has 1 aromatic carbocycles. The predicted molar refractivity (Wildman–Crippen MR) is 52.3 cm³/mol. The number of rotatable bonds is 3. The Morgan fingerprint density at radius 1 is 1.23 bits per heavy atom. The molecule has 0 aliphatic heterocycles. The molecule has 0 N–H and O–H groups in total. The van der Waals surface area contributed by atoms with Crippen molar-refractivity contribution in [1.82, 2.24) is 0 Å². The summed E-state index contributed by atoms with van der Waals surface area (Å²) >= 11 is 0. The van der Waals surface area contributed by atoms with Gasteiger partial charge in [-0.15, -0.1) is 0 Å². The van der Waals surface area contributed by atoms with Gasteiger partial charge in [-0.3, -0.25) is 0 Å². The van der Waals surface area contributed by atoms with Crippen molar-refractivity contribution in [2.45, 2.75) is 6.92 Å². The maximum absolute atomic E-state index is 11.4. The Kier molecular flexibility index (Phi) is 3.12. The highest BCUT2D eigenvalue weighted by Gasteiger charge is 2.15. The summed E-state index contributed by atoms with van der Waals surface area (Å²) in [5, 5.41) is 0. The van der Waals surface area contributed by atoms with Crippen molar-refractivity contribution in [2.75, 3.05) is 13.8 Å². The van der Waals surface area contributed by atoms with Gasteiger partial charge in [0, 0.05) is 13.8 Å². The zero-order valence-electron chi connectivity index (χ0n) is 7.98. The molecule has 72 valence electrons. The van der Waals surface area contributed by atoms with Gasteiger partial charge in [0.2, 0.25) is 0 Å². The first kappa shape index (κ1) is 10.3. The third-order valence-corrected chi connectivity index (χ3v) is 2.83. The van der Waals surface area contributed by atoms with Crippen molar-refractivity contribution in [3.63, 3.8) is 0 Å². The first-order valence-corrected chi connectivity index (χ1v) is 5.92. The van der Waals surface area contributed by atoms with E-state index in [1.165, 1.54) is 13.8 Å². The number of hydrogen-bond donors (Lipinski definition) is 0. The Hall–Kier alpha value is -0.790. The van der Waals surface area contributed by atoms with Crippen LogP contribution in [-0.2, 0) is 9.09 Å². The molecule has 1 aromatic rings. The van der Waals surface area contributed by atoms with Crippen molar-refractivity contribution < 1.29 is 13.6 Å². The van der Waals surface area contributed by atoms with E-state index in [0.717, 1.165) is 5.56 Å². The lowest BCUT2D eigenvalue weighted by Crippen LogP contribution is -1.92. The summed E-state index contributed by atoms with van der Waals surface area (Å²) < 4.78 is 21.2. The van der Waals surface area contributed by atoms with Crippen LogP contribution >= 0.6 is 7.60 Å². The fourth-order valence-corrected chi connectivity index (χ4v) is 1.41. The maximum Gasteiger partial charge on any atom is 0.375 e. The van der Waals surface area contributed by atoms with Gasteiger partial charge in [-0.2, -0.15) is 0 Å². The molecule has 0 radical (unpaired) electrons. The highest BCUT2D eigenvalue weighted by atomic mass is 31.2. The summed E-state index contributed by atoms with van der Waals surface area (Å²) in [6, 6.07) is 7.32. The van der Waals surface area contributed by atoms with Crippen LogP contribution in [0.2, 0.25) is 0 Å². The van der Waals surface area contributed by atoms with E-state index in [4.69, 9.17) is 9.05 Å². The van der Waals surface area contributed by atoms with Gasteiger partial charge in [0.25, 0.3) is 0 Å². The number of aryl methyl sites for hydroxylation is 1. The molecule has 0 saturated heterocycles. The average Bonchev–Trinajstić information content (AvgIpc) is 2.09. The van der Waals surface area contributed by atoms with Crippen LogP contribution in [0.3, 0.4) is 0 Å². The minimum absolute atomic E-state index is 0.568. The highest BCUT2D eigenvalue weighted by molar-refractivity contribution is 7.53. The Labute approximate surface area is 78.2 Å². The van der Waals surface area contributed by atoms with Gasteiger partial charge in [0.1, 0.15) is 5.75 Å². The second-order valence-corrected chi connectivity index (χ2v) is 4.95. The molecule has 0 aliphatic rings. The first-order chi connectivity index (χ1) is 6.03.